The summed E-state index contributed by atoms with van der Waals surface area (Å²) in [6.45, 7) is 0. The summed E-state index contributed by atoms with van der Waals surface area (Å²) in [5, 5.41) is 1.06. The molecule has 3 rings (SSSR count). The van der Waals surface area contributed by atoms with Crippen LogP contribution in [0.1, 0.15) is 18.9 Å². The number of hydrogen-bond acceptors (Lipinski definition) is 2. The van der Waals surface area contributed by atoms with Crippen LogP contribution in [-0.2, 0) is 0 Å². The Morgan fingerprint density at radius 1 is 1.25 bits per heavy atom. The van der Waals surface area contributed by atoms with Gasteiger partial charge in [0.2, 0.25) is 0 Å². The minimum Gasteiger partial charge on any atom is -0.495 e. The third kappa shape index (κ3) is 1.32. The smallest absolute Gasteiger partial charge is 0.251 e. The number of ether oxygens (including phenoxy) is 1. The Morgan fingerprint density at radius 3 is 2.75 bits per heavy atom. The van der Waals surface area contributed by atoms with Crippen molar-refractivity contribution in [3.63, 3.8) is 0 Å². The summed E-state index contributed by atoms with van der Waals surface area (Å²) in [6, 6.07) is 9.73. The van der Waals surface area contributed by atoms with Crippen molar-refractivity contribution in [2.45, 2.75) is 18.9 Å². The van der Waals surface area contributed by atoms with Crippen LogP contribution in [-0.4, -0.2) is 11.7 Å². The maximum absolute atomic E-state index is 11.9. The lowest BCUT2D eigenvalue weighted by atomic mass is 10.2. The lowest BCUT2D eigenvalue weighted by molar-refractivity contribution is 0.416. The first-order chi connectivity index (χ1) is 7.81. The number of pyridine rings is 1. The summed E-state index contributed by atoms with van der Waals surface area (Å²) in [4.78, 5) is 11.9. The molecule has 0 saturated heterocycles. The van der Waals surface area contributed by atoms with E-state index >= 15 is 0 Å². The van der Waals surface area contributed by atoms with E-state index in [1.54, 1.807) is 13.2 Å². The predicted molar refractivity (Wildman–Crippen MR) is 63.0 cm³/mol. The van der Waals surface area contributed by atoms with Crippen molar-refractivity contribution in [1.29, 1.82) is 0 Å². The van der Waals surface area contributed by atoms with Gasteiger partial charge in [-0.2, -0.15) is 0 Å². The normalized spacial score (nSPS) is 15.3. The van der Waals surface area contributed by atoms with Crippen LogP contribution in [0.15, 0.2) is 35.1 Å². The maximum atomic E-state index is 11.9. The zero-order valence-corrected chi connectivity index (χ0v) is 9.14. The molecule has 0 unspecified atom stereocenters. The van der Waals surface area contributed by atoms with E-state index in [1.807, 2.05) is 28.8 Å². The molecule has 0 radical (unpaired) electrons. The second-order valence-corrected chi connectivity index (χ2v) is 4.17. The van der Waals surface area contributed by atoms with Crippen molar-refractivity contribution in [3.05, 3.63) is 40.7 Å². The molecule has 3 nitrogen and oxygen atoms in total. The maximum Gasteiger partial charge on any atom is 0.251 e. The van der Waals surface area contributed by atoms with Gasteiger partial charge in [0.1, 0.15) is 5.75 Å². The highest BCUT2D eigenvalue weighted by Crippen LogP contribution is 2.37. The molecule has 1 saturated carbocycles. The van der Waals surface area contributed by atoms with Crippen molar-refractivity contribution in [2.75, 3.05) is 7.11 Å². The molecule has 0 spiro atoms. The van der Waals surface area contributed by atoms with E-state index in [9.17, 15) is 4.79 Å². The third-order valence-electron chi connectivity index (χ3n) is 3.05. The van der Waals surface area contributed by atoms with Gasteiger partial charge in [0.05, 0.1) is 12.6 Å². The Labute approximate surface area is 93.3 Å². The van der Waals surface area contributed by atoms with E-state index in [0.717, 1.165) is 29.5 Å². The zero-order chi connectivity index (χ0) is 11.1. The van der Waals surface area contributed by atoms with Gasteiger partial charge >= 0.3 is 0 Å². The Morgan fingerprint density at radius 2 is 2.06 bits per heavy atom. The van der Waals surface area contributed by atoms with Crippen molar-refractivity contribution < 1.29 is 4.74 Å². The molecular weight excluding hydrogens is 202 g/mol. The third-order valence-corrected chi connectivity index (χ3v) is 3.05. The summed E-state index contributed by atoms with van der Waals surface area (Å²) in [6.07, 6.45) is 2.19. The highest BCUT2D eigenvalue weighted by atomic mass is 16.5. The van der Waals surface area contributed by atoms with Gasteiger partial charge in [-0.05, 0) is 25.0 Å². The van der Waals surface area contributed by atoms with Gasteiger partial charge in [0.25, 0.3) is 5.56 Å². The number of nitrogens with zero attached hydrogens (tertiary/aromatic N) is 1. The quantitative estimate of drug-likeness (QED) is 0.770. The molecule has 1 fully saturated rings. The van der Waals surface area contributed by atoms with Crippen molar-refractivity contribution >= 4 is 10.9 Å². The second-order valence-electron chi connectivity index (χ2n) is 4.17. The fraction of sp³-hybridized carbons (Fsp3) is 0.308. The molecule has 3 heteroatoms. The van der Waals surface area contributed by atoms with Crippen molar-refractivity contribution in [3.8, 4) is 5.75 Å². The number of methoxy groups -OCH3 is 1. The molecule has 1 aliphatic carbocycles. The van der Waals surface area contributed by atoms with Gasteiger partial charge < -0.3 is 9.30 Å². The summed E-state index contributed by atoms with van der Waals surface area (Å²) in [5.74, 6) is 0.780. The topological polar surface area (TPSA) is 31.2 Å². The van der Waals surface area contributed by atoms with E-state index < -0.39 is 0 Å². The van der Waals surface area contributed by atoms with Gasteiger partial charge in [-0.25, -0.2) is 0 Å². The molecule has 2 aromatic rings. The Kier molecular flexibility index (Phi) is 1.99. The molecule has 16 heavy (non-hydrogen) atoms. The highest BCUT2D eigenvalue weighted by Gasteiger charge is 2.26. The molecule has 0 bridgehead atoms. The summed E-state index contributed by atoms with van der Waals surface area (Å²) in [5.41, 5.74) is 1.000. The van der Waals surface area contributed by atoms with E-state index in [-0.39, 0.29) is 5.56 Å². The van der Waals surface area contributed by atoms with E-state index in [0.29, 0.717) is 6.04 Å². The number of aromatic nitrogens is 1. The van der Waals surface area contributed by atoms with E-state index in [4.69, 9.17) is 4.74 Å². The van der Waals surface area contributed by atoms with Crippen LogP contribution < -0.4 is 10.3 Å². The predicted octanol–water partition coefficient (Wildman–Crippen LogP) is 2.34. The SMILES string of the molecule is COc1cccc2ccc(=O)n(C3CC3)c12. The largest absolute Gasteiger partial charge is 0.495 e. The van der Waals surface area contributed by atoms with Crippen LogP contribution in [0.25, 0.3) is 10.9 Å². The number of hydrogen-bond donors (Lipinski definition) is 0. The molecule has 1 heterocycles. The van der Waals surface area contributed by atoms with E-state index in [1.165, 1.54) is 0 Å². The molecule has 0 amide bonds. The minimum atomic E-state index is 0.0690. The standard InChI is InChI=1S/C13H13NO2/c1-16-11-4-2-3-9-5-8-12(15)14(13(9)11)10-6-7-10/h2-5,8,10H,6-7H2,1H3. The van der Waals surface area contributed by atoms with Gasteiger partial charge in [-0.15, -0.1) is 0 Å². The fourth-order valence-corrected chi connectivity index (χ4v) is 2.14. The van der Waals surface area contributed by atoms with Crippen molar-refractivity contribution in [2.24, 2.45) is 0 Å². The van der Waals surface area contributed by atoms with E-state index in [2.05, 4.69) is 0 Å². The Balaban J connectivity index is 2.43. The second kappa shape index (κ2) is 3.37. The summed E-state index contributed by atoms with van der Waals surface area (Å²) < 4.78 is 7.21. The molecule has 1 aromatic heterocycles. The molecule has 0 atom stereocenters. The number of rotatable bonds is 2. The van der Waals surface area contributed by atoms with Crippen LogP contribution in [0, 0.1) is 0 Å². The van der Waals surface area contributed by atoms with Crippen LogP contribution >= 0.6 is 0 Å². The molecule has 0 aliphatic heterocycles. The average Bonchev–Trinajstić information content (AvgIpc) is 3.12. The van der Waals surface area contributed by atoms with Crippen LogP contribution in [0.2, 0.25) is 0 Å². The van der Waals surface area contributed by atoms with Crippen LogP contribution in [0.3, 0.4) is 0 Å². The van der Waals surface area contributed by atoms with Gasteiger partial charge in [0, 0.05) is 17.5 Å². The molecular formula is C13H13NO2. The average molecular weight is 215 g/mol. The summed E-state index contributed by atoms with van der Waals surface area (Å²) in [7, 11) is 1.64. The fourth-order valence-electron chi connectivity index (χ4n) is 2.14. The molecule has 1 aliphatic rings. The van der Waals surface area contributed by atoms with Crippen LogP contribution in [0.5, 0.6) is 5.75 Å². The summed E-state index contributed by atoms with van der Waals surface area (Å²) >= 11 is 0. The first-order valence-electron chi connectivity index (χ1n) is 5.49. The van der Waals surface area contributed by atoms with Gasteiger partial charge in [-0.1, -0.05) is 12.1 Å². The number of fused-ring (bicyclic) bond motifs is 1. The monoisotopic (exact) mass is 215 g/mol. The minimum absolute atomic E-state index is 0.0690. The molecule has 0 N–H and O–H groups in total. The Bertz CT molecular complexity index is 596. The Hall–Kier alpha value is -1.77. The lowest BCUT2D eigenvalue weighted by Crippen LogP contribution is -2.18. The number of para-hydroxylation sites is 1. The molecule has 1 aromatic carbocycles. The van der Waals surface area contributed by atoms with Gasteiger partial charge in [0.15, 0.2) is 0 Å². The molecule has 82 valence electrons. The number of benzene rings is 1. The van der Waals surface area contributed by atoms with Crippen LogP contribution in [0.4, 0.5) is 0 Å². The first-order valence-corrected chi connectivity index (χ1v) is 5.49. The highest BCUT2D eigenvalue weighted by molar-refractivity contribution is 5.85. The first kappa shape index (κ1) is 9.46. The zero-order valence-electron chi connectivity index (χ0n) is 9.14. The lowest BCUT2D eigenvalue weighted by Gasteiger charge is -2.12. The van der Waals surface area contributed by atoms with Crippen molar-refractivity contribution in [1.82, 2.24) is 4.57 Å². The van der Waals surface area contributed by atoms with Gasteiger partial charge in [-0.3, -0.25) is 4.79 Å².